The summed E-state index contributed by atoms with van der Waals surface area (Å²) < 4.78 is 0. The molecule has 0 spiro atoms. The fourth-order valence-electron chi connectivity index (χ4n) is 1.26. The molecule has 0 aromatic heterocycles. The van der Waals surface area contributed by atoms with Gasteiger partial charge < -0.3 is 15.7 Å². The normalized spacial score (nSPS) is 17.3. The fraction of sp³-hybridized carbons (Fsp3) is 0.800. The van der Waals surface area contributed by atoms with Crippen LogP contribution >= 0.6 is 0 Å². The zero-order chi connectivity index (χ0) is 11.4. The highest BCUT2D eigenvalue weighted by Gasteiger charge is 2.25. The number of hydrogen-bond acceptors (Lipinski definition) is 2. The molecule has 0 aliphatic heterocycles. The Balaban J connectivity index is 2.34. The van der Waals surface area contributed by atoms with Crippen LogP contribution < -0.4 is 10.6 Å². The highest BCUT2D eigenvalue weighted by Crippen LogP contribution is 2.18. The van der Waals surface area contributed by atoms with Gasteiger partial charge in [-0.2, -0.15) is 0 Å². The second-order valence-corrected chi connectivity index (χ2v) is 4.34. The molecule has 0 radical (unpaired) electrons. The Bertz CT molecular complexity index is 249. The first kappa shape index (κ1) is 11.8. The lowest BCUT2D eigenvalue weighted by Gasteiger charge is -2.20. The van der Waals surface area contributed by atoms with Gasteiger partial charge in [0.15, 0.2) is 0 Å². The summed E-state index contributed by atoms with van der Waals surface area (Å²) >= 11 is 0. The van der Waals surface area contributed by atoms with E-state index in [2.05, 4.69) is 10.6 Å². The second-order valence-electron chi connectivity index (χ2n) is 4.34. The number of carboxylic acid groups (broad SMARTS) is 1. The first-order chi connectivity index (χ1) is 6.99. The number of amides is 2. The lowest BCUT2D eigenvalue weighted by molar-refractivity contribution is -0.137. The fourth-order valence-corrected chi connectivity index (χ4v) is 1.26. The van der Waals surface area contributed by atoms with E-state index in [1.165, 1.54) is 0 Å². The zero-order valence-corrected chi connectivity index (χ0v) is 9.12. The predicted molar refractivity (Wildman–Crippen MR) is 55.6 cm³/mol. The molecule has 1 rings (SSSR count). The summed E-state index contributed by atoms with van der Waals surface area (Å²) in [6, 6.07) is -0.263. The molecule has 1 unspecified atom stereocenters. The quantitative estimate of drug-likeness (QED) is 0.637. The van der Waals surface area contributed by atoms with Crippen LogP contribution in [0.25, 0.3) is 0 Å². The van der Waals surface area contributed by atoms with Gasteiger partial charge in [-0.25, -0.2) is 4.79 Å². The van der Waals surface area contributed by atoms with Gasteiger partial charge in [0, 0.05) is 12.1 Å². The SMILES string of the molecule is CC(C)C(CC(=O)O)NC(=O)NC1CC1. The third-order valence-electron chi connectivity index (χ3n) is 2.43. The molecular weight excluding hydrogens is 196 g/mol. The van der Waals surface area contributed by atoms with E-state index in [1.54, 1.807) is 0 Å². The molecule has 0 aromatic carbocycles. The number of carboxylic acids is 1. The number of carbonyl (C=O) groups excluding carboxylic acids is 1. The summed E-state index contributed by atoms with van der Waals surface area (Å²) in [5.74, 6) is -0.772. The van der Waals surface area contributed by atoms with Crippen molar-refractivity contribution in [2.45, 2.75) is 45.2 Å². The van der Waals surface area contributed by atoms with Crippen molar-refractivity contribution in [3.8, 4) is 0 Å². The minimum Gasteiger partial charge on any atom is -0.481 e. The molecule has 1 aliphatic rings. The average molecular weight is 214 g/mol. The lowest BCUT2D eigenvalue weighted by atomic mass is 10.0. The van der Waals surface area contributed by atoms with Gasteiger partial charge in [-0.3, -0.25) is 4.79 Å². The van der Waals surface area contributed by atoms with Crippen LogP contribution in [-0.4, -0.2) is 29.2 Å². The molecule has 5 nitrogen and oxygen atoms in total. The van der Waals surface area contributed by atoms with E-state index >= 15 is 0 Å². The van der Waals surface area contributed by atoms with E-state index in [-0.39, 0.29) is 24.4 Å². The monoisotopic (exact) mass is 214 g/mol. The largest absolute Gasteiger partial charge is 0.481 e. The van der Waals surface area contributed by atoms with Gasteiger partial charge in [0.2, 0.25) is 0 Å². The van der Waals surface area contributed by atoms with Crippen molar-refractivity contribution in [3.05, 3.63) is 0 Å². The van der Waals surface area contributed by atoms with Crippen LogP contribution in [0.4, 0.5) is 4.79 Å². The van der Waals surface area contributed by atoms with E-state index in [0.717, 1.165) is 12.8 Å². The maximum Gasteiger partial charge on any atom is 0.315 e. The van der Waals surface area contributed by atoms with Crippen molar-refractivity contribution in [1.82, 2.24) is 10.6 Å². The topological polar surface area (TPSA) is 78.4 Å². The second kappa shape index (κ2) is 5.00. The van der Waals surface area contributed by atoms with Crippen molar-refractivity contribution < 1.29 is 14.7 Å². The summed E-state index contributed by atoms with van der Waals surface area (Å²) in [5, 5.41) is 14.1. The van der Waals surface area contributed by atoms with Gasteiger partial charge in [0.05, 0.1) is 6.42 Å². The minimum atomic E-state index is -0.888. The molecule has 2 amide bonds. The Kier molecular flexibility index (Phi) is 3.94. The highest BCUT2D eigenvalue weighted by molar-refractivity contribution is 5.76. The number of nitrogens with one attached hydrogen (secondary N) is 2. The molecule has 1 aliphatic carbocycles. The van der Waals surface area contributed by atoms with Crippen LogP contribution in [0.15, 0.2) is 0 Å². The molecule has 86 valence electrons. The molecule has 0 aromatic rings. The van der Waals surface area contributed by atoms with Crippen molar-refractivity contribution in [1.29, 1.82) is 0 Å². The molecule has 1 saturated carbocycles. The number of urea groups is 1. The molecule has 3 N–H and O–H groups in total. The molecule has 1 fully saturated rings. The third kappa shape index (κ3) is 4.67. The van der Waals surface area contributed by atoms with Crippen molar-refractivity contribution in [3.63, 3.8) is 0 Å². The molecule has 0 heterocycles. The summed E-state index contributed by atoms with van der Waals surface area (Å²) in [5.41, 5.74) is 0. The summed E-state index contributed by atoms with van der Waals surface area (Å²) in [6.07, 6.45) is 2.02. The molecule has 0 bridgehead atoms. The van der Waals surface area contributed by atoms with Gasteiger partial charge in [0.1, 0.15) is 0 Å². The number of rotatable bonds is 5. The van der Waals surface area contributed by atoms with E-state index < -0.39 is 5.97 Å². The Labute approximate surface area is 89.2 Å². The number of carbonyl (C=O) groups is 2. The third-order valence-corrected chi connectivity index (χ3v) is 2.43. The predicted octanol–water partition coefficient (Wildman–Crippen LogP) is 0.947. The minimum absolute atomic E-state index is 0.0320. The van der Waals surface area contributed by atoms with E-state index in [9.17, 15) is 9.59 Å². The Morgan fingerprint density at radius 1 is 1.40 bits per heavy atom. The first-order valence-electron chi connectivity index (χ1n) is 5.28. The highest BCUT2D eigenvalue weighted by atomic mass is 16.4. The standard InChI is InChI=1S/C10H18N2O3/c1-6(2)8(5-9(13)14)12-10(15)11-7-3-4-7/h6-8H,3-5H2,1-2H3,(H,13,14)(H2,11,12,15). The Morgan fingerprint density at radius 3 is 2.40 bits per heavy atom. The summed E-state index contributed by atoms with van der Waals surface area (Å²) in [6.45, 7) is 3.79. The van der Waals surface area contributed by atoms with Gasteiger partial charge >= 0.3 is 12.0 Å². The van der Waals surface area contributed by atoms with Crippen LogP contribution in [0, 0.1) is 5.92 Å². The smallest absolute Gasteiger partial charge is 0.315 e. The van der Waals surface area contributed by atoms with Gasteiger partial charge in [0.25, 0.3) is 0 Å². The Hall–Kier alpha value is -1.26. The van der Waals surface area contributed by atoms with Crippen LogP contribution in [0.5, 0.6) is 0 Å². The van der Waals surface area contributed by atoms with E-state index in [0.29, 0.717) is 6.04 Å². The molecule has 0 saturated heterocycles. The first-order valence-corrected chi connectivity index (χ1v) is 5.28. The van der Waals surface area contributed by atoms with Crippen LogP contribution in [0.1, 0.15) is 33.1 Å². The van der Waals surface area contributed by atoms with Crippen LogP contribution in [-0.2, 0) is 4.79 Å². The molecular formula is C10H18N2O3. The maximum atomic E-state index is 11.4. The van der Waals surface area contributed by atoms with Crippen molar-refractivity contribution in [2.24, 2.45) is 5.92 Å². The van der Waals surface area contributed by atoms with E-state index in [1.807, 2.05) is 13.8 Å². The maximum absolute atomic E-state index is 11.4. The lowest BCUT2D eigenvalue weighted by Crippen LogP contribution is -2.46. The summed E-state index contributed by atoms with van der Waals surface area (Å²) in [4.78, 5) is 21.9. The number of aliphatic carboxylic acids is 1. The summed E-state index contributed by atoms with van der Waals surface area (Å²) in [7, 11) is 0. The van der Waals surface area contributed by atoms with Gasteiger partial charge in [-0.15, -0.1) is 0 Å². The molecule has 5 heteroatoms. The van der Waals surface area contributed by atoms with Gasteiger partial charge in [-0.05, 0) is 18.8 Å². The van der Waals surface area contributed by atoms with Gasteiger partial charge in [-0.1, -0.05) is 13.8 Å². The number of hydrogen-bond donors (Lipinski definition) is 3. The van der Waals surface area contributed by atoms with Crippen molar-refractivity contribution >= 4 is 12.0 Å². The van der Waals surface area contributed by atoms with Crippen LogP contribution in [0.3, 0.4) is 0 Å². The van der Waals surface area contributed by atoms with Crippen LogP contribution in [0.2, 0.25) is 0 Å². The Morgan fingerprint density at radius 2 is 2.00 bits per heavy atom. The molecule has 15 heavy (non-hydrogen) atoms. The average Bonchev–Trinajstić information content (AvgIpc) is 2.85. The van der Waals surface area contributed by atoms with Crippen molar-refractivity contribution in [2.75, 3.05) is 0 Å². The molecule has 1 atom stereocenters. The van der Waals surface area contributed by atoms with E-state index in [4.69, 9.17) is 5.11 Å². The zero-order valence-electron chi connectivity index (χ0n) is 9.12.